The van der Waals surface area contributed by atoms with Crippen LogP contribution in [0.4, 0.5) is 0 Å². The van der Waals surface area contributed by atoms with Crippen LogP contribution < -0.4 is 11.1 Å². The Kier molecular flexibility index (Phi) is 3.52. The maximum absolute atomic E-state index is 11.7. The third-order valence-electron chi connectivity index (χ3n) is 2.74. The minimum absolute atomic E-state index is 0.00919. The highest BCUT2D eigenvalue weighted by molar-refractivity contribution is 6.09. The molecule has 0 aliphatic heterocycles. The largest absolute Gasteiger partial charge is 0.409 e. The molecule has 1 aliphatic rings. The van der Waals surface area contributed by atoms with Crippen molar-refractivity contribution in [2.24, 2.45) is 16.3 Å². The maximum Gasteiger partial charge on any atom is 0.234 e. The zero-order valence-electron chi connectivity index (χ0n) is 8.99. The Morgan fingerprint density at radius 1 is 1.73 bits per heavy atom. The van der Waals surface area contributed by atoms with Gasteiger partial charge in [-0.3, -0.25) is 4.79 Å². The summed E-state index contributed by atoms with van der Waals surface area (Å²) in [5, 5.41) is 14.1. The van der Waals surface area contributed by atoms with Crippen molar-refractivity contribution in [3.05, 3.63) is 0 Å². The summed E-state index contributed by atoms with van der Waals surface area (Å²) in [6.07, 6.45) is 1.23. The molecule has 0 aromatic rings. The van der Waals surface area contributed by atoms with Gasteiger partial charge in [0.05, 0.1) is 6.10 Å². The van der Waals surface area contributed by atoms with Crippen LogP contribution in [-0.4, -0.2) is 36.7 Å². The summed E-state index contributed by atoms with van der Waals surface area (Å²) in [4.78, 5) is 11.7. The van der Waals surface area contributed by atoms with E-state index >= 15 is 0 Å². The van der Waals surface area contributed by atoms with E-state index in [4.69, 9.17) is 15.7 Å². The number of rotatable bonds is 5. The number of oxime groups is 1. The molecule has 0 bridgehead atoms. The van der Waals surface area contributed by atoms with Gasteiger partial charge in [0.25, 0.3) is 0 Å². The third-order valence-corrected chi connectivity index (χ3v) is 2.74. The van der Waals surface area contributed by atoms with Crippen LogP contribution in [0, 0.1) is 5.41 Å². The number of nitrogens with one attached hydrogen (secondary N) is 1. The molecule has 1 aliphatic carbocycles. The number of methoxy groups -OCH3 is 1. The molecule has 15 heavy (non-hydrogen) atoms. The average molecular weight is 215 g/mol. The number of carbonyl (C=O) groups is 1. The summed E-state index contributed by atoms with van der Waals surface area (Å²) in [6.45, 7) is 2.28. The fraction of sp³-hybridized carbons (Fsp3) is 0.778. The molecular formula is C9H17N3O3. The summed E-state index contributed by atoms with van der Waals surface area (Å²) in [6, 6.07) is 0. The number of amides is 1. The molecule has 0 aromatic heterocycles. The molecule has 1 saturated carbocycles. The summed E-state index contributed by atoms with van der Waals surface area (Å²) < 4.78 is 4.99. The van der Waals surface area contributed by atoms with Crippen molar-refractivity contribution in [1.29, 1.82) is 0 Å². The van der Waals surface area contributed by atoms with Gasteiger partial charge in [-0.15, -0.1) is 0 Å². The van der Waals surface area contributed by atoms with Gasteiger partial charge in [0.15, 0.2) is 5.84 Å². The van der Waals surface area contributed by atoms with Crippen LogP contribution in [-0.2, 0) is 9.53 Å². The minimum Gasteiger partial charge on any atom is -0.409 e. The summed E-state index contributed by atoms with van der Waals surface area (Å²) in [7, 11) is 1.58. The topological polar surface area (TPSA) is 96.9 Å². The van der Waals surface area contributed by atoms with Gasteiger partial charge in [0, 0.05) is 13.7 Å². The lowest BCUT2D eigenvalue weighted by atomic mass is 10.1. The monoisotopic (exact) mass is 215 g/mol. The van der Waals surface area contributed by atoms with Gasteiger partial charge in [0.1, 0.15) is 5.41 Å². The van der Waals surface area contributed by atoms with E-state index in [1.807, 2.05) is 6.92 Å². The Morgan fingerprint density at radius 2 is 2.33 bits per heavy atom. The molecule has 0 spiro atoms. The number of hydrogen-bond acceptors (Lipinski definition) is 4. The normalized spacial score (nSPS) is 20.8. The van der Waals surface area contributed by atoms with E-state index in [-0.39, 0.29) is 17.8 Å². The van der Waals surface area contributed by atoms with Crippen molar-refractivity contribution in [3.63, 3.8) is 0 Å². The quantitative estimate of drug-likeness (QED) is 0.253. The Bertz CT molecular complexity index is 274. The smallest absolute Gasteiger partial charge is 0.234 e. The van der Waals surface area contributed by atoms with Crippen molar-refractivity contribution in [2.45, 2.75) is 25.9 Å². The van der Waals surface area contributed by atoms with Crippen LogP contribution in [0.3, 0.4) is 0 Å². The number of amidine groups is 1. The van der Waals surface area contributed by atoms with E-state index in [0.29, 0.717) is 19.4 Å². The molecule has 6 nitrogen and oxygen atoms in total. The number of nitrogens with two attached hydrogens (primary N) is 1. The average Bonchev–Trinajstić information content (AvgIpc) is 3.05. The van der Waals surface area contributed by atoms with E-state index in [1.165, 1.54) is 0 Å². The lowest BCUT2D eigenvalue weighted by Gasteiger charge is -2.15. The lowest BCUT2D eigenvalue weighted by molar-refractivity contribution is -0.124. The van der Waals surface area contributed by atoms with Crippen molar-refractivity contribution in [1.82, 2.24) is 5.32 Å². The first-order chi connectivity index (χ1) is 7.06. The molecule has 86 valence electrons. The first-order valence-electron chi connectivity index (χ1n) is 4.86. The SMILES string of the molecule is COC(C)CNC(=O)C1(C(N)=NO)CC1. The molecule has 4 N–H and O–H groups in total. The highest BCUT2D eigenvalue weighted by atomic mass is 16.5. The van der Waals surface area contributed by atoms with Gasteiger partial charge in [0.2, 0.25) is 5.91 Å². The van der Waals surface area contributed by atoms with Crippen molar-refractivity contribution >= 4 is 11.7 Å². The second-order valence-corrected chi connectivity index (χ2v) is 3.82. The molecule has 6 heteroatoms. The minimum atomic E-state index is -0.776. The van der Waals surface area contributed by atoms with Crippen LogP contribution >= 0.6 is 0 Å². The van der Waals surface area contributed by atoms with E-state index in [1.54, 1.807) is 7.11 Å². The van der Waals surface area contributed by atoms with E-state index in [2.05, 4.69) is 10.5 Å². The highest BCUT2D eigenvalue weighted by Gasteiger charge is 2.54. The van der Waals surface area contributed by atoms with Crippen molar-refractivity contribution in [3.8, 4) is 0 Å². The Labute approximate surface area is 88.5 Å². The first-order valence-corrected chi connectivity index (χ1v) is 4.86. The zero-order valence-corrected chi connectivity index (χ0v) is 8.99. The fourth-order valence-electron chi connectivity index (χ4n) is 1.31. The zero-order chi connectivity index (χ0) is 11.5. The number of nitrogens with zero attached hydrogens (tertiary/aromatic N) is 1. The van der Waals surface area contributed by atoms with Crippen LogP contribution in [0.15, 0.2) is 5.16 Å². The molecule has 1 unspecified atom stereocenters. The van der Waals surface area contributed by atoms with Gasteiger partial charge in [-0.25, -0.2) is 0 Å². The van der Waals surface area contributed by atoms with Gasteiger partial charge < -0.3 is 21.0 Å². The Hall–Kier alpha value is -1.30. The predicted molar refractivity (Wildman–Crippen MR) is 54.6 cm³/mol. The Morgan fingerprint density at radius 3 is 2.73 bits per heavy atom. The number of hydrogen-bond donors (Lipinski definition) is 3. The third kappa shape index (κ3) is 2.38. The van der Waals surface area contributed by atoms with Crippen LogP contribution in [0.2, 0.25) is 0 Å². The van der Waals surface area contributed by atoms with Crippen molar-refractivity contribution in [2.75, 3.05) is 13.7 Å². The summed E-state index contributed by atoms with van der Waals surface area (Å²) >= 11 is 0. The number of ether oxygens (including phenoxy) is 1. The van der Waals surface area contributed by atoms with Gasteiger partial charge in [-0.2, -0.15) is 0 Å². The second kappa shape index (κ2) is 4.48. The van der Waals surface area contributed by atoms with E-state index in [0.717, 1.165) is 0 Å². The lowest BCUT2D eigenvalue weighted by Crippen LogP contribution is -2.43. The van der Waals surface area contributed by atoms with E-state index < -0.39 is 5.41 Å². The fourth-order valence-corrected chi connectivity index (χ4v) is 1.31. The van der Waals surface area contributed by atoms with Gasteiger partial charge >= 0.3 is 0 Å². The van der Waals surface area contributed by atoms with Crippen molar-refractivity contribution < 1.29 is 14.7 Å². The molecule has 1 amide bonds. The van der Waals surface area contributed by atoms with Gasteiger partial charge in [-0.1, -0.05) is 5.16 Å². The molecular weight excluding hydrogens is 198 g/mol. The standard InChI is InChI=1S/C9H17N3O3/c1-6(15-2)5-11-8(13)9(3-4-9)7(10)12-14/h6,14H,3-5H2,1-2H3,(H2,10,12)(H,11,13). The highest BCUT2D eigenvalue weighted by Crippen LogP contribution is 2.45. The molecule has 0 heterocycles. The molecule has 1 rings (SSSR count). The van der Waals surface area contributed by atoms with Gasteiger partial charge in [-0.05, 0) is 19.8 Å². The molecule has 0 radical (unpaired) electrons. The summed E-state index contributed by atoms with van der Waals surface area (Å²) in [5.74, 6) is -0.202. The van der Waals surface area contributed by atoms with Crippen LogP contribution in [0.1, 0.15) is 19.8 Å². The Balaban J connectivity index is 2.48. The predicted octanol–water partition coefficient (Wildman–Crippen LogP) is -0.336. The first kappa shape index (κ1) is 11.8. The molecule has 0 aromatic carbocycles. The van der Waals surface area contributed by atoms with Crippen LogP contribution in [0.5, 0.6) is 0 Å². The second-order valence-electron chi connectivity index (χ2n) is 3.82. The van der Waals surface area contributed by atoms with Crippen LogP contribution in [0.25, 0.3) is 0 Å². The number of carbonyl (C=O) groups excluding carboxylic acids is 1. The molecule has 1 atom stereocenters. The molecule has 1 fully saturated rings. The van der Waals surface area contributed by atoms with E-state index in [9.17, 15) is 4.79 Å². The summed E-state index contributed by atoms with van der Waals surface area (Å²) in [5.41, 5.74) is 4.69. The maximum atomic E-state index is 11.7. The molecule has 0 saturated heterocycles.